The monoisotopic (exact) mass is 262 g/mol. The Hall–Kier alpha value is -1.59. The highest BCUT2D eigenvalue weighted by molar-refractivity contribution is 5.96. The molecule has 1 fully saturated rings. The third-order valence-corrected chi connectivity index (χ3v) is 3.56. The summed E-state index contributed by atoms with van der Waals surface area (Å²) < 4.78 is 10.5. The molecule has 0 aromatic heterocycles. The second-order valence-corrected chi connectivity index (χ2v) is 4.83. The van der Waals surface area contributed by atoms with E-state index in [0.29, 0.717) is 17.7 Å². The van der Waals surface area contributed by atoms with Gasteiger partial charge in [0.1, 0.15) is 0 Å². The molecule has 5 heteroatoms. The molecule has 0 saturated carbocycles. The molecule has 102 valence electrons. The standard InChI is InChI=1S/C14H18N2O3/c17-12(3-6-16-7-4-15-5-8-16)11-1-2-13-14(9-11)19-10-18-13/h1-2,9,15H,3-8,10H2. The van der Waals surface area contributed by atoms with Crippen molar-refractivity contribution in [2.75, 3.05) is 39.5 Å². The van der Waals surface area contributed by atoms with Crippen LogP contribution in [0.15, 0.2) is 18.2 Å². The Labute approximate surface area is 112 Å². The minimum Gasteiger partial charge on any atom is -0.454 e. The van der Waals surface area contributed by atoms with E-state index in [-0.39, 0.29) is 12.6 Å². The van der Waals surface area contributed by atoms with Gasteiger partial charge in [0.05, 0.1) is 0 Å². The quantitative estimate of drug-likeness (QED) is 0.817. The van der Waals surface area contributed by atoms with Crippen LogP contribution in [0.1, 0.15) is 16.8 Å². The lowest BCUT2D eigenvalue weighted by molar-refractivity contribution is 0.0960. The number of carbonyl (C=O) groups excluding carboxylic acids is 1. The van der Waals surface area contributed by atoms with Gasteiger partial charge in [0, 0.05) is 44.7 Å². The van der Waals surface area contributed by atoms with Crippen molar-refractivity contribution in [1.82, 2.24) is 10.2 Å². The molecule has 1 aromatic carbocycles. The van der Waals surface area contributed by atoms with Crippen LogP contribution in [-0.2, 0) is 0 Å². The second kappa shape index (κ2) is 5.59. The first-order valence-electron chi connectivity index (χ1n) is 6.69. The van der Waals surface area contributed by atoms with E-state index in [1.807, 2.05) is 6.07 Å². The number of rotatable bonds is 4. The van der Waals surface area contributed by atoms with Crippen molar-refractivity contribution >= 4 is 5.78 Å². The van der Waals surface area contributed by atoms with Crippen molar-refractivity contribution in [2.45, 2.75) is 6.42 Å². The lowest BCUT2D eigenvalue weighted by Crippen LogP contribution is -2.44. The summed E-state index contributed by atoms with van der Waals surface area (Å²) in [5.74, 6) is 1.56. The predicted octanol–water partition coefficient (Wildman–Crippen LogP) is 0.893. The largest absolute Gasteiger partial charge is 0.454 e. The van der Waals surface area contributed by atoms with Crippen LogP contribution >= 0.6 is 0 Å². The zero-order valence-corrected chi connectivity index (χ0v) is 10.9. The molecule has 0 radical (unpaired) electrons. The summed E-state index contributed by atoms with van der Waals surface area (Å²) >= 11 is 0. The number of ether oxygens (including phenoxy) is 2. The van der Waals surface area contributed by atoms with Crippen LogP contribution in [-0.4, -0.2) is 50.2 Å². The minimum absolute atomic E-state index is 0.164. The second-order valence-electron chi connectivity index (χ2n) is 4.83. The number of piperazine rings is 1. The van der Waals surface area contributed by atoms with E-state index in [4.69, 9.17) is 9.47 Å². The highest BCUT2D eigenvalue weighted by Crippen LogP contribution is 2.32. The molecule has 0 bridgehead atoms. The molecule has 3 rings (SSSR count). The van der Waals surface area contributed by atoms with E-state index >= 15 is 0 Å². The van der Waals surface area contributed by atoms with Crippen LogP contribution in [0.4, 0.5) is 0 Å². The number of benzene rings is 1. The number of hydrogen-bond donors (Lipinski definition) is 1. The summed E-state index contributed by atoms with van der Waals surface area (Å²) in [7, 11) is 0. The van der Waals surface area contributed by atoms with Gasteiger partial charge in [-0.1, -0.05) is 0 Å². The maximum atomic E-state index is 12.1. The normalized spacial score (nSPS) is 18.5. The van der Waals surface area contributed by atoms with Crippen molar-refractivity contribution in [3.63, 3.8) is 0 Å². The smallest absolute Gasteiger partial charge is 0.231 e. The van der Waals surface area contributed by atoms with Crippen molar-refractivity contribution in [1.29, 1.82) is 0 Å². The van der Waals surface area contributed by atoms with E-state index in [0.717, 1.165) is 38.5 Å². The Balaban J connectivity index is 1.57. The maximum Gasteiger partial charge on any atom is 0.231 e. The summed E-state index contributed by atoms with van der Waals surface area (Å²) in [5.41, 5.74) is 0.708. The molecule has 0 spiro atoms. The van der Waals surface area contributed by atoms with Gasteiger partial charge in [-0.05, 0) is 18.2 Å². The fraction of sp³-hybridized carbons (Fsp3) is 0.500. The maximum absolute atomic E-state index is 12.1. The van der Waals surface area contributed by atoms with E-state index in [1.165, 1.54) is 0 Å². The molecule has 2 aliphatic rings. The lowest BCUT2D eigenvalue weighted by atomic mass is 10.1. The van der Waals surface area contributed by atoms with Crippen molar-refractivity contribution < 1.29 is 14.3 Å². The predicted molar refractivity (Wildman–Crippen MR) is 70.8 cm³/mol. The van der Waals surface area contributed by atoms with Gasteiger partial charge in [0.2, 0.25) is 6.79 Å². The van der Waals surface area contributed by atoms with Gasteiger partial charge in [0.15, 0.2) is 17.3 Å². The number of nitrogens with zero attached hydrogens (tertiary/aromatic N) is 1. The van der Waals surface area contributed by atoms with Gasteiger partial charge in [0.25, 0.3) is 0 Å². The van der Waals surface area contributed by atoms with Gasteiger partial charge in [-0.3, -0.25) is 4.79 Å². The molecule has 1 aromatic rings. The lowest BCUT2D eigenvalue weighted by Gasteiger charge is -2.26. The molecule has 0 amide bonds. The fourth-order valence-corrected chi connectivity index (χ4v) is 2.41. The van der Waals surface area contributed by atoms with E-state index in [9.17, 15) is 4.79 Å². The summed E-state index contributed by atoms with van der Waals surface area (Å²) in [6.07, 6.45) is 0.555. The van der Waals surface area contributed by atoms with Crippen molar-refractivity contribution in [3.8, 4) is 11.5 Å². The summed E-state index contributed by atoms with van der Waals surface area (Å²) in [4.78, 5) is 14.5. The molecular formula is C14H18N2O3. The SMILES string of the molecule is O=C(CCN1CCNCC1)c1ccc2c(c1)OCO2. The summed E-state index contributed by atoms with van der Waals surface area (Å²) in [5, 5.41) is 3.31. The van der Waals surface area contributed by atoms with Crippen LogP contribution in [0.5, 0.6) is 11.5 Å². The number of Topliss-reactive ketones (excluding diaryl/α,β-unsaturated/α-hetero) is 1. The fourth-order valence-electron chi connectivity index (χ4n) is 2.41. The van der Waals surface area contributed by atoms with Crippen molar-refractivity contribution in [3.05, 3.63) is 23.8 Å². The van der Waals surface area contributed by atoms with Gasteiger partial charge < -0.3 is 19.7 Å². The highest BCUT2D eigenvalue weighted by atomic mass is 16.7. The molecule has 1 N–H and O–H groups in total. The summed E-state index contributed by atoms with van der Waals surface area (Å²) in [6, 6.07) is 5.40. The Morgan fingerprint density at radius 1 is 1.21 bits per heavy atom. The molecule has 1 saturated heterocycles. The Morgan fingerprint density at radius 2 is 2.00 bits per heavy atom. The Morgan fingerprint density at radius 3 is 2.84 bits per heavy atom. The van der Waals surface area contributed by atoms with Crippen LogP contribution in [0, 0.1) is 0 Å². The molecule has 5 nitrogen and oxygen atoms in total. The zero-order chi connectivity index (χ0) is 13.1. The minimum atomic E-state index is 0.164. The average molecular weight is 262 g/mol. The molecule has 0 atom stereocenters. The highest BCUT2D eigenvalue weighted by Gasteiger charge is 2.17. The third-order valence-electron chi connectivity index (χ3n) is 3.56. The van der Waals surface area contributed by atoms with Gasteiger partial charge >= 0.3 is 0 Å². The first-order chi connectivity index (χ1) is 9.33. The van der Waals surface area contributed by atoms with Gasteiger partial charge in [-0.2, -0.15) is 0 Å². The number of nitrogens with one attached hydrogen (secondary N) is 1. The summed E-state index contributed by atoms with van der Waals surface area (Å²) in [6.45, 7) is 5.14. The Kier molecular flexibility index (Phi) is 3.66. The number of hydrogen-bond acceptors (Lipinski definition) is 5. The van der Waals surface area contributed by atoms with Crippen LogP contribution < -0.4 is 14.8 Å². The van der Waals surface area contributed by atoms with E-state index in [1.54, 1.807) is 12.1 Å². The average Bonchev–Trinajstić information content (AvgIpc) is 2.93. The third kappa shape index (κ3) is 2.88. The van der Waals surface area contributed by atoms with Crippen LogP contribution in [0.2, 0.25) is 0 Å². The number of carbonyl (C=O) groups is 1. The molecule has 0 unspecified atom stereocenters. The van der Waals surface area contributed by atoms with Crippen LogP contribution in [0.3, 0.4) is 0 Å². The molecule has 19 heavy (non-hydrogen) atoms. The van der Waals surface area contributed by atoms with E-state index < -0.39 is 0 Å². The molecule has 0 aliphatic carbocycles. The Bertz CT molecular complexity index is 470. The topological polar surface area (TPSA) is 50.8 Å². The van der Waals surface area contributed by atoms with Crippen molar-refractivity contribution in [2.24, 2.45) is 0 Å². The number of ketones is 1. The van der Waals surface area contributed by atoms with Gasteiger partial charge in [-0.15, -0.1) is 0 Å². The first-order valence-corrected chi connectivity index (χ1v) is 6.69. The van der Waals surface area contributed by atoms with E-state index in [2.05, 4.69) is 10.2 Å². The van der Waals surface area contributed by atoms with Gasteiger partial charge in [-0.25, -0.2) is 0 Å². The molecule has 2 aliphatic heterocycles. The molecular weight excluding hydrogens is 244 g/mol. The molecule has 2 heterocycles. The number of fused-ring (bicyclic) bond motifs is 1. The first kappa shape index (κ1) is 12.4. The van der Waals surface area contributed by atoms with Crippen LogP contribution in [0.25, 0.3) is 0 Å². The zero-order valence-electron chi connectivity index (χ0n) is 10.9.